The van der Waals surface area contributed by atoms with Crippen LogP contribution in [-0.4, -0.2) is 0 Å². The molecule has 0 saturated heterocycles. The molecule has 0 atom stereocenters. The molecule has 0 saturated carbocycles. The first-order valence-corrected chi connectivity index (χ1v) is 11.7. The van der Waals surface area contributed by atoms with Gasteiger partial charge in [0.05, 0.1) is 0 Å². The van der Waals surface area contributed by atoms with Crippen LogP contribution in [0.15, 0.2) is 103 Å². The molecule has 0 nitrogen and oxygen atoms in total. The predicted molar refractivity (Wildman–Crippen MR) is 144 cm³/mol. The van der Waals surface area contributed by atoms with Crippen LogP contribution >= 0.6 is 0 Å². The molecule has 7 aromatic rings. The fraction of sp³-hybridized carbons (Fsp3) is 0.0303. The van der Waals surface area contributed by atoms with Gasteiger partial charge in [-0.2, -0.15) is 0 Å². The van der Waals surface area contributed by atoms with E-state index in [1.54, 1.807) is 0 Å². The van der Waals surface area contributed by atoms with Crippen molar-refractivity contribution in [3.63, 3.8) is 0 Å². The van der Waals surface area contributed by atoms with Crippen LogP contribution in [0.1, 0.15) is 5.56 Å². The highest BCUT2D eigenvalue weighted by Gasteiger charge is 2.13. The minimum absolute atomic E-state index is 1.00. The van der Waals surface area contributed by atoms with Gasteiger partial charge in [0.25, 0.3) is 0 Å². The van der Waals surface area contributed by atoms with Crippen molar-refractivity contribution in [2.75, 3.05) is 0 Å². The fourth-order valence-corrected chi connectivity index (χ4v) is 5.98. The van der Waals surface area contributed by atoms with Crippen LogP contribution < -0.4 is 5.22 Å². The molecule has 1 aliphatic carbocycles. The molecular weight excluding hydrogens is 396 g/mol. The molecular formula is C33H20. The Morgan fingerprint density at radius 1 is 0.455 bits per heavy atom. The zero-order valence-corrected chi connectivity index (χ0v) is 18.1. The topological polar surface area (TPSA) is 0 Å². The highest BCUT2D eigenvalue weighted by atomic mass is 14.2. The summed E-state index contributed by atoms with van der Waals surface area (Å²) in [5.41, 5.74) is 1.43. The van der Waals surface area contributed by atoms with Crippen LogP contribution in [0.4, 0.5) is 0 Å². The lowest BCUT2D eigenvalue weighted by Crippen LogP contribution is -2.12. The lowest BCUT2D eigenvalue weighted by atomic mass is 9.88. The number of fused-ring (bicyclic) bond motifs is 8. The summed E-state index contributed by atoms with van der Waals surface area (Å²) in [6.45, 7) is 0. The van der Waals surface area contributed by atoms with Crippen molar-refractivity contribution in [3.05, 3.63) is 114 Å². The summed E-state index contributed by atoms with van der Waals surface area (Å²) >= 11 is 0. The van der Waals surface area contributed by atoms with Crippen molar-refractivity contribution in [1.82, 2.24) is 0 Å². The van der Waals surface area contributed by atoms with E-state index in [-0.39, 0.29) is 0 Å². The number of rotatable bonds is 0. The molecule has 33 heavy (non-hydrogen) atoms. The Balaban J connectivity index is 1.56. The van der Waals surface area contributed by atoms with E-state index in [9.17, 15) is 0 Å². The smallest absolute Gasteiger partial charge is 0.00262 e. The average Bonchev–Trinajstić information content (AvgIpc) is 2.87. The fourth-order valence-electron chi connectivity index (χ4n) is 5.98. The maximum Gasteiger partial charge on any atom is -0.00262 e. The van der Waals surface area contributed by atoms with Crippen molar-refractivity contribution >= 4 is 70.7 Å². The molecule has 0 aromatic heterocycles. The molecule has 0 unspecified atom stereocenters. The van der Waals surface area contributed by atoms with Crippen molar-refractivity contribution in [3.8, 4) is 0 Å². The third-order valence-electron chi connectivity index (χ3n) is 7.53. The van der Waals surface area contributed by atoms with E-state index >= 15 is 0 Å². The quantitative estimate of drug-likeness (QED) is 0.173. The molecule has 152 valence electrons. The molecule has 0 fully saturated rings. The molecule has 0 bridgehead atoms. The van der Waals surface area contributed by atoms with E-state index in [1.165, 1.54) is 75.4 Å². The summed E-state index contributed by atoms with van der Waals surface area (Å²) in [5.74, 6) is 0. The van der Waals surface area contributed by atoms with Gasteiger partial charge in [-0.3, -0.25) is 0 Å². The number of hydrogen-bond acceptors (Lipinski definition) is 0. The second kappa shape index (κ2) is 6.21. The van der Waals surface area contributed by atoms with Crippen molar-refractivity contribution in [2.45, 2.75) is 6.42 Å². The van der Waals surface area contributed by atoms with E-state index in [4.69, 9.17) is 0 Å². The summed E-state index contributed by atoms with van der Waals surface area (Å²) in [5, 5.41) is 17.4. The Bertz CT molecular complexity index is 2040. The minimum Gasteiger partial charge on any atom is -0.0801 e. The van der Waals surface area contributed by atoms with Gasteiger partial charge in [0.15, 0.2) is 0 Å². The largest absolute Gasteiger partial charge is 0.0801 e. The molecule has 1 aliphatic rings. The van der Waals surface area contributed by atoms with Gasteiger partial charge in [-0.1, -0.05) is 72.8 Å². The van der Waals surface area contributed by atoms with Gasteiger partial charge in [-0.15, -0.1) is 0 Å². The van der Waals surface area contributed by atoms with Crippen LogP contribution in [0.5, 0.6) is 0 Å². The molecule has 0 heteroatoms. The lowest BCUT2D eigenvalue weighted by molar-refractivity contribution is 1.25. The Hall–Kier alpha value is -4.16. The van der Waals surface area contributed by atoms with E-state index in [1.807, 2.05) is 0 Å². The third-order valence-corrected chi connectivity index (χ3v) is 7.53. The van der Waals surface area contributed by atoms with Crippen molar-refractivity contribution < 1.29 is 0 Å². The third kappa shape index (κ3) is 2.36. The zero-order chi connectivity index (χ0) is 21.5. The minimum atomic E-state index is 1.00. The van der Waals surface area contributed by atoms with Gasteiger partial charge in [0, 0.05) is 0 Å². The van der Waals surface area contributed by atoms with E-state index in [0.717, 1.165) is 6.42 Å². The summed E-state index contributed by atoms with van der Waals surface area (Å²) in [6.07, 6.45) is 7.73. The van der Waals surface area contributed by atoms with Gasteiger partial charge in [0.1, 0.15) is 0 Å². The summed E-state index contributed by atoms with van der Waals surface area (Å²) < 4.78 is 0. The van der Waals surface area contributed by atoms with Crippen molar-refractivity contribution in [1.29, 1.82) is 0 Å². The number of benzene rings is 7. The maximum atomic E-state index is 2.44. The summed E-state index contributed by atoms with van der Waals surface area (Å²) in [4.78, 5) is 0. The monoisotopic (exact) mass is 416 g/mol. The normalized spacial score (nSPS) is 13.5. The van der Waals surface area contributed by atoms with E-state index < -0.39 is 0 Å². The Labute approximate surface area is 191 Å². The van der Waals surface area contributed by atoms with Crippen LogP contribution in [0.3, 0.4) is 0 Å². The molecule has 0 spiro atoms. The van der Waals surface area contributed by atoms with Gasteiger partial charge in [-0.25, -0.2) is 0 Å². The Kier molecular flexibility index (Phi) is 3.27. The average molecular weight is 417 g/mol. The molecule has 0 aliphatic heterocycles. The SMILES string of the molecule is C1=CCc2cc3c4cc5ccc6cc7ccccc7cc6c5cc4cc4cccc(c2=C1)c43. The standard InChI is InChI=1S/C33H20/c1-2-7-21-16-29-23(14-20(21)6-1)12-13-24-17-31-26(19-30(24)29)15-25-9-5-11-28-27-10-4-3-8-22(27)18-32(31)33(25)28/h1-7,9-19H,8H2. The van der Waals surface area contributed by atoms with Gasteiger partial charge < -0.3 is 0 Å². The first-order valence-electron chi connectivity index (χ1n) is 11.7. The molecule has 8 rings (SSSR count). The second-order valence-electron chi connectivity index (χ2n) is 9.36. The maximum absolute atomic E-state index is 2.44. The summed E-state index contributed by atoms with van der Waals surface area (Å²) in [6, 6.07) is 34.3. The predicted octanol–water partition coefficient (Wildman–Crippen LogP) is 8.22. The van der Waals surface area contributed by atoms with E-state index in [2.05, 4.69) is 109 Å². The highest BCUT2D eigenvalue weighted by Crippen LogP contribution is 2.38. The molecule has 0 heterocycles. The Morgan fingerprint density at radius 3 is 2.00 bits per heavy atom. The first kappa shape index (κ1) is 17.4. The van der Waals surface area contributed by atoms with Gasteiger partial charge in [-0.05, 0) is 118 Å². The van der Waals surface area contributed by atoms with Crippen LogP contribution in [0.25, 0.3) is 70.7 Å². The molecule has 0 radical (unpaired) electrons. The molecule has 0 N–H and O–H groups in total. The highest BCUT2D eigenvalue weighted by molar-refractivity contribution is 6.25. The Morgan fingerprint density at radius 2 is 1.12 bits per heavy atom. The first-order chi connectivity index (χ1) is 16.3. The molecule has 7 aromatic carbocycles. The number of hydrogen-bond donors (Lipinski definition) is 0. The second-order valence-corrected chi connectivity index (χ2v) is 9.36. The van der Waals surface area contributed by atoms with Crippen LogP contribution in [-0.2, 0) is 6.42 Å². The van der Waals surface area contributed by atoms with Gasteiger partial charge >= 0.3 is 0 Å². The summed E-state index contributed by atoms with van der Waals surface area (Å²) in [7, 11) is 0. The van der Waals surface area contributed by atoms with Crippen molar-refractivity contribution in [2.24, 2.45) is 0 Å². The van der Waals surface area contributed by atoms with Gasteiger partial charge in [0.2, 0.25) is 0 Å². The number of allylic oxidation sites excluding steroid dienone is 2. The molecule has 0 amide bonds. The lowest BCUT2D eigenvalue weighted by Gasteiger charge is -2.15. The van der Waals surface area contributed by atoms with E-state index in [0.29, 0.717) is 0 Å². The zero-order valence-electron chi connectivity index (χ0n) is 18.1. The van der Waals surface area contributed by atoms with Crippen LogP contribution in [0.2, 0.25) is 0 Å². The van der Waals surface area contributed by atoms with Crippen LogP contribution in [0, 0.1) is 0 Å².